The van der Waals surface area contributed by atoms with E-state index in [-0.39, 0.29) is 25.2 Å². The van der Waals surface area contributed by atoms with Crippen LogP contribution in [0.15, 0.2) is 47.6 Å². The molecular formula is C18H20N2O4. The second-order valence-corrected chi connectivity index (χ2v) is 5.16. The zero-order valence-electron chi connectivity index (χ0n) is 13.5. The van der Waals surface area contributed by atoms with Crippen LogP contribution in [0.2, 0.25) is 0 Å². The number of nitrogens with zero attached hydrogens (tertiary/aromatic N) is 1. The number of anilines is 1. The van der Waals surface area contributed by atoms with Gasteiger partial charge >= 0.3 is 11.9 Å². The molecule has 2 rings (SSSR count). The highest BCUT2D eigenvalue weighted by molar-refractivity contribution is 6.36. The molecule has 0 saturated carbocycles. The molecule has 0 saturated heterocycles. The van der Waals surface area contributed by atoms with E-state index in [4.69, 9.17) is 9.84 Å². The lowest BCUT2D eigenvalue weighted by atomic mass is 10.1. The Kier molecular flexibility index (Phi) is 6.31. The smallest absolute Gasteiger partial charge is 0.354 e. The van der Waals surface area contributed by atoms with E-state index < -0.39 is 11.9 Å². The van der Waals surface area contributed by atoms with Crippen LogP contribution in [0.3, 0.4) is 0 Å². The Labute approximate surface area is 140 Å². The first-order valence-corrected chi connectivity index (χ1v) is 7.81. The fourth-order valence-electron chi connectivity index (χ4n) is 2.28. The van der Waals surface area contributed by atoms with E-state index in [1.807, 2.05) is 42.5 Å². The van der Waals surface area contributed by atoms with Crippen molar-refractivity contribution in [2.75, 3.05) is 12.0 Å². The van der Waals surface area contributed by atoms with Gasteiger partial charge in [-0.3, -0.25) is 10.2 Å². The Balaban J connectivity index is 2.18. The van der Waals surface area contributed by atoms with Crippen LogP contribution in [0.1, 0.15) is 26.2 Å². The quantitative estimate of drug-likeness (QED) is 0.440. The SMILES string of the molecule is CCOC(=O)/C(CCCC(=O)O)=N\Nc1cccc2ccccc12. The summed E-state index contributed by atoms with van der Waals surface area (Å²) in [7, 11) is 0. The summed E-state index contributed by atoms with van der Waals surface area (Å²) in [4.78, 5) is 22.6. The molecule has 0 fully saturated rings. The number of hydrazone groups is 1. The zero-order chi connectivity index (χ0) is 17.4. The van der Waals surface area contributed by atoms with Gasteiger partial charge in [-0.1, -0.05) is 36.4 Å². The molecule has 0 radical (unpaired) electrons. The second-order valence-electron chi connectivity index (χ2n) is 5.16. The van der Waals surface area contributed by atoms with Gasteiger partial charge in [0.15, 0.2) is 0 Å². The van der Waals surface area contributed by atoms with Crippen molar-refractivity contribution in [3.05, 3.63) is 42.5 Å². The van der Waals surface area contributed by atoms with E-state index in [1.165, 1.54) is 0 Å². The lowest BCUT2D eigenvalue weighted by Crippen LogP contribution is -2.19. The minimum absolute atomic E-state index is 0.0211. The summed E-state index contributed by atoms with van der Waals surface area (Å²) in [5.41, 5.74) is 3.86. The molecule has 126 valence electrons. The normalized spacial score (nSPS) is 11.3. The number of fused-ring (bicyclic) bond motifs is 1. The molecule has 6 heteroatoms. The van der Waals surface area contributed by atoms with Crippen LogP contribution in [0.4, 0.5) is 5.69 Å². The van der Waals surface area contributed by atoms with Crippen LogP contribution >= 0.6 is 0 Å². The van der Waals surface area contributed by atoms with Crippen molar-refractivity contribution < 1.29 is 19.4 Å². The summed E-state index contributed by atoms with van der Waals surface area (Å²) in [6, 6.07) is 13.6. The monoisotopic (exact) mass is 328 g/mol. The number of carbonyl (C=O) groups is 2. The average Bonchev–Trinajstić information content (AvgIpc) is 2.57. The van der Waals surface area contributed by atoms with Crippen molar-refractivity contribution in [1.82, 2.24) is 0 Å². The topological polar surface area (TPSA) is 88.0 Å². The van der Waals surface area contributed by atoms with Gasteiger partial charge in [-0.15, -0.1) is 0 Å². The maximum absolute atomic E-state index is 12.0. The maximum Gasteiger partial charge on any atom is 0.354 e. The standard InChI is InChI=1S/C18H20N2O4/c1-2-24-18(23)16(11-6-12-17(21)22)20-19-15-10-5-8-13-7-3-4-9-14(13)15/h3-5,7-10,19H,2,6,11-12H2,1H3,(H,21,22)/b20-16-. The Morgan fingerprint density at radius 1 is 1.12 bits per heavy atom. The predicted octanol–water partition coefficient (Wildman–Crippen LogP) is 3.43. The third-order valence-corrected chi connectivity index (χ3v) is 3.42. The van der Waals surface area contributed by atoms with Crippen LogP contribution < -0.4 is 5.43 Å². The summed E-state index contributed by atoms with van der Waals surface area (Å²) in [5.74, 6) is -1.43. The van der Waals surface area contributed by atoms with Crippen LogP contribution in [0.5, 0.6) is 0 Å². The van der Waals surface area contributed by atoms with Crippen molar-refractivity contribution in [1.29, 1.82) is 0 Å². The van der Waals surface area contributed by atoms with E-state index in [1.54, 1.807) is 6.92 Å². The number of hydrogen-bond donors (Lipinski definition) is 2. The minimum atomic E-state index is -0.903. The molecule has 0 atom stereocenters. The molecule has 2 N–H and O–H groups in total. The van der Waals surface area contributed by atoms with E-state index in [0.717, 1.165) is 16.5 Å². The van der Waals surface area contributed by atoms with Crippen molar-refractivity contribution in [3.63, 3.8) is 0 Å². The first kappa shape index (κ1) is 17.5. The molecule has 2 aromatic carbocycles. The lowest BCUT2D eigenvalue weighted by molar-refractivity contribution is -0.137. The van der Waals surface area contributed by atoms with Gasteiger partial charge in [-0.05, 0) is 31.2 Å². The Hall–Kier alpha value is -2.89. The number of benzene rings is 2. The summed E-state index contributed by atoms with van der Waals surface area (Å²) < 4.78 is 4.98. The highest BCUT2D eigenvalue weighted by Crippen LogP contribution is 2.23. The fraction of sp³-hybridized carbons (Fsp3) is 0.278. The third kappa shape index (κ3) is 4.81. The molecule has 0 bridgehead atoms. The van der Waals surface area contributed by atoms with Crippen molar-refractivity contribution in [2.45, 2.75) is 26.2 Å². The van der Waals surface area contributed by atoms with Gasteiger partial charge < -0.3 is 9.84 Å². The second kappa shape index (κ2) is 8.67. The minimum Gasteiger partial charge on any atom is -0.481 e. The molecule has 0 aromatic heterocycles. The molecule has 0 aliphatic heterocycles. The van der Waals surface area contributed by atoms with Gasteiger partial charge in [-0.25, -0.2) is 4.79 Å². The molecule has 0 aliphatic rings. The van der Waals surface area contributed by atoms with Gasteiger partial charge in [0, 0.05) is 11.8 Å². The van der Waals surface area contributed by atoms with Gasteiger partial charge in [0.05, 0.1) is 12.3 Å². The Bertz CT molecular complexity index is 750. The molecule has 0 unspecified atom stereocenters. The molecule has 0 amide bonds. The van der Waals surface area contributed by atoms with Gasteiger partial charge in [0.1, 0.15) is 5.71 Å². The Morgan fingerprint density at radius 3 is 2.62 bits per heavy atom. The van der Waals surface area contributed by atoms with Crippen LogP contribution in [0.25, 0.3) is 10.8 Å². The maximum atomic E-state index is 12.0. The van der Waals surface area contributed by atoms with Crippen LogP contribution in [-0.2, 0) is 14.3 Å². The number of carbonyl (C=O) groups excluding carboxylic acids is 1. The summed E-state index contributed by atoms with van der Waals surface area (Å²) >= 11 is 0. The van der Waals surface area contributed by atoms with Gasteiger partial charge in [0.2, 0.25) is 0 Å². The lowest BCUT2D eigenvalue weighted by Gasteiger charge is -2.09. The van der Waals surface area contributed by atoms with E-state index in [9.17, 15) is 9.59 Å². The van der Waals surface area contributed by atoms with E-state index in [0.29, 0.717) is 6.42 Å². The highest BCUT2D eigenvalue weighted by Gasteiger charge is 2.14. The summed E-state index contributed by atoms with van der Waals surface area (Å²) in [5, 5.41) is 14.9. The molecular weight excluding hydrogens is 308 g/mol. The number of esters is 1. The van der Waals surface area contributed by atoms with E-state index >= 15 is 0 Å². The van der Waals surface area contributed by atoms with Crippen molar-refractivity contribution in [2.24, 2.45) is 5.10 Å². The van der Waals surface area contributed by atoms with Crippen molar-refractivity contribution >= 4 is 34.1 Å². The number of nitrogens with one attached hydrogen (secondary N) is 1. The first-order chi connectivity index (χ1) is 11.6. The first-order valence-electron chi connectivity index (χ1n) is 7.81. The number of ether oxygens (including phenoxy) is 1. The van der Waals surface area contributed by atoms with Gasteiger partial charge in [0.25, 0.3) is 0 Å². The molecule has 0 heterocycles. The van der Waals surface area contributed by atoms with E-state index in [2.05, 4.69) is 10.5 Å². The van der Waals surface area contributed by atoms with Crippen LogP contribution in [0, 0.1) is 0 Å². The molecule has 0 aliphatic carbocycles. The molecule has 0 spiro atoms. The molecule has 6 nitrogen and oxygen atoms in total. The third-order valence-electron chi connectivity index (χ3n) is 3.42. The largest absolute Gasteiger partial charge is 0.481 e. The average molecular weight is 328 g/mol. The van der Waals surface area contributed by atoms with Crippen molar-refractivity contribution in [3.8, 4) is 0 Å². The fourth-order valence-corrected chi connectivity index (χ4v) is 2.28. The van der Waals surface area contributed by atoms with Gasteiger partial charge in [-0.2, -0.15) is 5.10 Å². The zero-order valence-corrected chi connectivity index (χ0v) is 13.5. The number of carboxylic acid groups (broad SMARTS) is 1. The molecule has 2 aromatic rings. The number of carboxylic acids is 1. The summed E-state index contributed by atoms with van der Waals surface area (Å²) in [6.07, 6.45) is 0.541. The Morgan fingerprint density at radius 2 is 1.88 bits per heavy atom. The predicted molar refractivity (Wildman–Crippen MR) is 93.1 cm³/mol. The van der Waals surface area contributed by atoms with Crippen LogP contribution in [-0.4, -0.2) is 29.4 Å². The number of aliphatic carboxylic acids is 1. The highest BCUT2D eigenvalue weighted by atomic mass is 16.5. The number of hydrogen-bond acceptors (Lipinski definition) is 5. The number of rotatable bonds is 8. The summed E-state index contributed by atoms with van der Waals surface area (Å²) in [6.45, 7) is 1.95. The molecule has 24 heavy (non-hydrogen) atoms.